The zero-order valence-electron chi connectivity index (χ0n) is 74.3. The van der Waals surface area contributed by atoms with E-state index in [1.807, 2.05) is 115 Å². The van der Waals surface area contributed by atoms with Gasteiger partial charge in [0.25, 0.3) is 5.82 Å². The number of aromatic nitrogens is 27. The molecule has 21 heterocycles. The average Bonchev–Trinajstić information content (AvgIpc) is 0.793. The van der Waals surface area contributed by atoms with Gasteiger partial charge in [-0.25, -0.2) is 64.5 Å². The van der Waals surface area contributed by atoms with Crippen LogP contribution in [0.1, 0.15) is 33.6 Å². The highest BCUT2D eigenvalue weighted by Gasteiger charge is 2.22. The molecule has 36 heteroatoms. The first-order chi connectivity index (χ1) is 70.8. The first-order valence-electron chi connectivity index (χ1n) is 42.9. The SMILES string of the molecule is [C-]#[N+]c1cc(-c2ccc(-c3nc(-c4ccc(-c5ccnc(C#N)c5)nc4)nc(-c4ccc(-c5ccnc(C#N)c5)nc4)n3)cn2)ccn1.[C-]#[N+]c1ccnc(-c2ccc(-c3nc(-c4ccc(-c5cncc(C#N)c5)nc4)nc(-c4ccc(-c5cncc(C#N)c5)nc4)n3)nc2)c1.[C-]#[N+]c1cncc(-c2ccc(-c3nc(-c4ccc(-c5cncc(C#N)c5)nc4)nc(-c4ccc(-c5cncc(C#N)c5)nc4)n3)cn2)c1. The molecule has 0 unspecified atom stereocenters. The molecule has 21 aromatic heterocycles. The van der Waals surface area contributed by atoms with Crippen LogP contribution in [0, 0.1) is 87.7 Å². The van der Waals surface area contributed by atoms with Crippen LogP contribution in [-0.2, 0) is 0 Å². The Bertz CT molecular complexity index is 7230. The van der Waals surface area contributed by atoms with Crippen molar-refractivity contribution in [2.75, 3.05) is 0 Å². The Hall–Kier alpha value is -22.9. The fourth-order valence-corrected chi connectivity index (χ4v) is 14.3. The van der Waals surface area contributed by atoms with E-state index in [9.17, 15) is 31.6 Å². The van der Waals surface area contributed by atoms with E-state index >= 15 is 0 Å². The van der Waals surface area contributed by atoms with Crippen molar-refractivity contribution < 1.29 is 0 Å². The summed E-state index contributed by atoms with van der Waals surface area (Å²) in [5.74, 6) is 3.65. The highest BCUT2D eigenvalue weighted by atomic mass is 15.1. The number of hydrogen-bond donors (Lipinski definition) is 0. The highest BCUT2D eigenvalue weighted by Crippen LogP contribution is 2.36. The van der Waals surface area contributed by atoms with E-state index in [1.165, 1.54) is 31.0 Å². The summed E-state index contributed by atoms with van der Waals surface area (Å²) >= 11 is 0. The standard InChI is InChI=1S/3C36H18N12/c1-39-29-8-9-42-33(12-29)24-2-7-32(45-19-24)36-47-34(25-3-5-30(43-20-25)27-10-22(13-37)15-40-17-27)46-35(48-36)26-4-6-31(44-21-26)28-11-23(14-38)16-41-18-28;1-39-30-10-29(17-42-21-30)33-7-4-26(20-45-33)36-47-34(24-2-5-31(43-18-24)27-8-22(11-37)13-40-15-27)46-35(48-36)25-3-6-32(44-19-25)28-9-23(12-38)14-41-16-28;1-39-33-16-24(10-13-42-33)32-7-4-27(21-45-32)36-47-34(25-2-5-30(43-19-25)22-8-11-40-28(14-22)17-37)46-35(48-36)26-3-6-31(44-20-26)23-9-12-41-29(15-23)18-38/h2-12,15-21H;2-10,13-21H;2-16,19-21H. The molecular formula is C108H54N36. The van der Waals surface area contributed by atoms with E-state index in [0.29, 0.717) is 221 Å². The van der Waals surface area contributed by atoms with Crippen LogP contribution in [0.3, 0.4) is 0 Å². The van der Waals surface area contributed by atoms with Gasteiger partial charge < -0.3 is 4.85 Å². The molecule has 144 heavy (non-hydrogen) atoms. The van der Waals surface area contributed by atoms with E-state index in [4.69, 9.17) is 64.6 Å². The molecule has 21 aromatic rings. The Morgan fingerprint density at radius 2 is 0.438 bits per heavy atom. The molecule has 0 spiro atoms. The lowest BCUT2D eigenvalue weighted by Crippen LogP contribution is -2.02. The second-order valence-corrected chi connectivity index (χ2v) is 30.8. The van der Waals surface area contributed by atoms with Gasteiger partial charge in [0.05, 0.1) is 86.6 Å². The summed E-state index contributed by atoms with van der Waals surface area (Å²) in [6.07, 6.45) is 37.0. The molecule has 0 aliphatic heterocycles. The van der Waals surface area contributed by atoms with Crippen molar-refractivity contribution in [3.63, 3.8) is 0 Å². The first-order valence-corrected chi connectivity index (χ1v) is 42.9. The summed E-state index contributed by atoms with van der Waals surface area (Å²) in [6.45, 7) is 21.8. The topological polar surface area (TPSA) is 504 Å². The molecule has 0 saturated heterocycles. The molecule has 0 amide bonds. The van der Waals surface area contributed by atoms with Crippen molar-refractivity contribution >= 4 is 17.2 Å². The predicted octanol–water partition coefficient (Wildman–Crippen LogP) is 19.6. The summed E-state index contributed by atoms with van der Waals surface area (Å²) in [6, 6.07) is 67.9. The Balaban J connectivity index is 0.000000137. The van der Waals surface area contributed by atoms with Gasteiger partial charge in [0.2, 0.25) is 5.69 Å². The lowest BCUT2D eigenvalue weighted by atomic mass is 10.1. The Morgan fingerprint density at radius 1 is 0.174 bits per heavy atom. The van der Waals surface area contributed by atoms with Gasteiger partial charge in [-0.2, -0.15) is 31.6 Å². The fourth-order valence-electron chi connectivity index (χ4n) is 14.3. The third-order valence-electron chi connectivity index (χ3n) is 21.5. The lowest BCUT2D eigenvalue weighted by molar-refractivity contribution is 1.05. The molecule has 0 bridgehead atoms. The number of pyridine rings is 18. The van der Waals surface area contributed by atoms with Crippen LogP contribution in [0.25, 0.3) is 218 Å². The van der Waals surface area contributed by atoms with Crippen molar-refractivity contribution in [3.05, 3.63) is 398 Å². The Labute approximate surface area is 817 Å². The second kappa shape index (κ2) is 41.7. The Kier molecular flexibility index (Phi) is 26.2. The fraction of sp³-hybridized carbons (Fsp3) is 0. The molecule has 36 nitrogen and oxygen atoms in total. The van der Waals surface area contributed by atoms with Crippen LogP contribution in [0.15, 0.2) is 331 Å². The molecule has 21 rings (SSSR count). The Morgan fingerprint density at radius 3 is 0.722 bits per heavy atom. The molecule has 0 atom stereocenters. The highest BCUT2D eigenvalue weighted by molar-refractivity contribution is 5.77. The molecular weight excluding hydrogens is 1800 g/mol. The summed E-state index contributed by atoms with van der Waals surface area (Å²) in [7, 11) is 0. The molecule has 0 aromatic carbocycles. The maximum atomic E-state index is 9.26. The number of nitrogens with zero attached hydrogens (tertiary/aromatic N) is 36. The van der Waals surface area contributed by atoms with Crippen molar-refractivity contribution in [1.29, 1.82) is 31.6 Å². The monoisotopic (exact) mass is 1850 g/mol. The zero-order valence-corrected chi connectivity index (χ0v) is 74.3. The van der Waals surface area contributed by atoms with Crippen LogP contribution in [0.2, 0.25) is 0 Å². The van der Waals surface area contributed by atoms with Gasteiger partial charge in [0.15, 0.2) is 58.1 Å². The predicted molar refractivity (Wildman–Crippen MR) is 525 cm³/mol. The number of rotatable bonds is 18. The summed E-state index contributed by atoms with van der Waals surface area (Å²) < 4.78 is 0. The van der Waals surface area contributed by atoms with Gasteiger partial charge in [-0.1, -0.05) is 6.57 Å². The minimum atomic E-state index is 0.285. The van der Waals surface area contributed by atoms with Gasteiger partial charge in [-0.05, 0) is 194 Å². The van der Waals surface area contributed by atoms with Crippen molar-refractivity contribution in [1.82, 2.24) is 135 Å². The summed E-state index contributed by atoms with van der Waals surface area (Å²) in [5, 5.41) is 55.5. The largest absolute Gasteiger partial charge is 0.361 e. The molecule has 0 N–H and O–H groups in total. The summed E-state index contributed by atoms with van der Waals surface area (Å²) in [4.78, 5) is 132. The minimum Gasteiger partial charge on any atom is -0.361 e. The maximum absolute atomic E-state index is 9.26. The van der Waals surface area contributed by atoms with Crippen LogP contribution < -0.4 is 0 Å². The van der Waals surface area contributed by atoms with Gasteiger partial charge in [-0.3, -0.25) is 74.8 Å². The second-order valence-electron chi connectivity index (χ2n) is 30.8. The van der Waals surface area contributed by atoms with Crippen LogP contribution in [0.4, 0.5) is 17.2 Å². The van der Waals surface area contributed by atoms with Gasteiger partial charge in [0, 0.05) is 225 Å². The zero-order chi connectivity index (χ0) is 98.6. The maximum Gasteiger partial charge on any atom is 0.270 e. The van der Waals surface area contributed by atoms with Gasteiger partial charge >= 0.3 is 0 Å². The van der Waals surface area contributed by atoms with Crippen LogP contribution >= 0.6 is 0 Å². The van der Waals surface area contributed by atoms with E-state index in [0.717, 1.165) is 27.8 Å². The smallest absolute Gasteiger partial charge is 0.270 e. The van der Waals surface area contributed by atoms with Crippen molar-refractivity contribution in [2.45, 2.75) is 0 Å². The molecule has 666 valence electrons. The van der Waals surface area contributed by atoms with Gasteiger partial charge in [0.1, 0.15) is 59.7 Å². The first kappa shape index (κ1) is 90.3. The van der Waals surface area contributed by atoms with E-state index in [2.05, 4.69) is 129 Å². The third-order valence-corrected chi connectivity index (χ3v) is 21.5. The molecule has 0 saturated carbocycles. The van der Waals surface area contributed by atoms with Crippen molar-refractivity contribution in [2.24, 2.45) is 0 Å². The van der Waals surface area contributed by atoms with E-state index in [-0.39, 0.29) is 5.82 Å². The van der Waals surface area contributed by atoms with E-state index < -0.39 is 0 Å². The van der Waals surface area contributed by atoms with Crippen LogP contribution in [-0.4, -0.2) is 135 Å². The number of nitriles is 6. The molecule has 0 aliphatic carbocycles. The minimum absolute atomic E-state index is 0.285. The molecule has 0 radical (unpaired) electrons. The van der Waals surface area contributed by atoms with Crippen LogP contribution in [0.5, 0.6) is 0 Å². The van der Waals surface area contributed by atoms with Gasteiger partial charge in [-0.15, -0.1) is 4.98 Å². The normalized spacial score (nSPS) is 10.4. The third kappa shape index (κ3) is 20.7. The van der Waals surface area contributed by atoms with E-state index in [1.54, 1.807) is 196 Å². The quantitative estimate of drug-likeness (QED) is 0.0720. The average molecular weight is 1860 g/mol. The van der Waals surface area contributed by atoms with Crippen molar-refractivity contribution in [3.8, 4) is 240 Å². The number of hydrogen-bond acceptors (Lipinski definition) is 33. The molecule has 0 fully saturated rings. The lowest BCUT2D eigenvalue weighted by Gasteiger charge is -2.09. The molecule has 0 aliphatic rings. The summed E-state index contributed by atoms with van der Waals surface area (Å²) in [5.41, 5.74) is 21.3.